The second-order valence-corrected chi connectivity index (χ2v) is 2.82. The Balaban J connectivity index is 0. The molecule has 1 atom stereocenters. The third-order valence-corrected chi connectivity index (χ3v) is 1.21. The van der Waals surface area contributed by atoms with Crippen LogP contribution >= 0.6 is 12.2 Å². The zero-order valence-corrected chi connectivity index (χ0v) is 10.9. The third kappa shape index (κ3) is 9.75. The van der Waals surface area contributed by atoms with Gasteiger partial charge >= 0.3 is 51.4 Å². The zero-order chi connectivity index (χ0) is 6.57. The van der Waals surface area contributed by atoms with Crippen LogP contribution in [0, 0.1) is 0 Å². The van der Waals surface area contributed by atoms with Crippen LogP contribution in [0.1, 0.15) is 20.3 Å². The van der Waals surface area contributed by atoms with E-state index in [1.54, 1.807) is 0 Å². The number of nitrogens with one attached hydrogen (secondary N) is 1. The molecular weight excluding hydrogens is 177 g/mol. The maximum Gasteiger partial charge on any atom is 1.00 e. The van der Waals surface area contributed by atoms with Crippen molar-refractivity contribution in [2.75, 3.05) is 0 Å². The van der Waals surface area contributed by atoms with Crippen LogP contribution < -0.4 is 56.7 Å². The summed E-state index contributed by atoms with van der Waals surface area (Å²) < 4.78 is 0.472. The number of rotatable bonds is 2. The second-order valence-electron chi connectivity index (χ2n) is 1.74. The Kier molecular flexibility index (Phi) is 11.6. The Hall–Kier alpha value is 1.75. The largest absolute Gasteiger partial charge is 1.00 e. The fourth-order valence-electron chi connectivity index (χ4n) is 0.303. The van der Waals surface area contributed by atoms with Crippen LogP contribution in [0.5, 0.6) is 0 Å². The van der Waals surface area contributed by atoms with Crippen LogP contribution in [0.3, 0.4) is 0 Å². The monoisotopic (exact) mass is 187 g/mol. The molecule has 0 heterocycles. The molecule has 48 valence electrons. The summed E-state index contributed by atoms with van der Waals surface area (Å²) in [7, 11) is 0. The predicted molar refractivity (Wildman–Crippen MR) is 42.9 cm³/mol. The Morgan fingerprint density at radius 1 is 1.78 bits per heavy atom. The van der Waals surface area contributed by atoms with E-state index in [9.17, 15) is 0 Å². The fourth-order valence-corrected chi connectivity index (χ4v) is 0.706. The van der Waals surface area contributed by atoms with E-state index in [1.165, 1.54) is 0 Å². The van der Waals surface area contributed by atoms with E-state index in [0.29, 0.717) is 10.4 Å². The summed E-state index contributed by atoms with van der Waals surface area (Å²) in [5, 5.41) is 2.94. The Morgan fingerprint density at radius 2 is 2.22 bits per heavy atom. The maximum atomic E-state index is 4.64. The normalized spacial score (nSPS) is 11.3. The maximum absolute atomic E-state index is 4.64. The molecule has 0 aromatic heterocycles. The Morgan fingerprint density at radius 3 is 2.33 bits per heavy atom. The molecule has 0 amide bonds. The molecule has 0 fully saturated rings. The number of hydrogen-bond donors (Lipinski definition) is 1. The van der Waals surface area contributed by atoms with Crippen molar-refractivity contribution in [1.82, 2.24) is 5.32 Å². The van der Waals surface area contributed by atoms with Crippen molar-refractivity contribution < 1.29 is 51.4 Å². The van der Waals surface area contributed by atoms with E-state index in [-0.39, 0.29) is 51.4 Å². The summed E-state index contributed by atoms with van der Waals surface area (Å²) in [4.78, 5) is 0. The van der Waals surface area contributed by atoms with Gasteiger partial charge in [0.25, 0.3) is 0 Å². The van der Waals surface area contributed by atoms with Gasteiger partial charge in [0, 0.05) is 6.04 Å². The molecule has 1 unspecified atom stereocenters. The van der Waals surface area contributed by atoms with E-state index in [2.05, 4.69) is 44.0 Å². The molecule has 9 heavy (non-hydrogen) atoms. The van der Waals surface area contributed by atoms with Gasteiger partial charge in [0.05, 0.1) is 0 Å². The summed E-state index contributed by atoms with van der Waals surface area (Å²) in [6.07, 6.45) is 1.07. The summed E-state index contributed by atoms with van der Waals surface area (Å²) in [6, 6.07) is 0.431. The van der Waals surface area contributed by atoms with Gasteiger partial charge in [-0.15, -0.1) is 0 Å². The van der Waals surface area contributed by atoms with Gasteiger partial charge in [-0.3, -0.25) is 0 Å². The Bertz CT molecular complexity index is 87.0. The number of hydrogen-bond acceptors (Lipinski definition) is 2. The molecule has 0 radical (unpaired) electrons. The van der Waals surface area contributed by atoms with E-state index < -0.39 is 0 Å². The number of thiocarbonyl (C=S) groups is 1. The second kappa shape index (κ2) is 7.85. The van der Waals surface area contributed by atoms with Crippen molar-refractivity contribution in [3.63, 3.8) is 0 Å². The summed E-state index contributed by atoms with van der Waals surface area (Å²) >= 11 is 9.28. The molecule has 0 rings (SSSR count). The smallest absolute Gasteiger partial charge is 0.412 e. The van der Waals surface area contributed by atoms with Crippen LogP contribution in [0.15, 0.2) is 0 Å². The molecule has 4 heteroatoms. The molecular formula is C5H10KNS2. The minimum absolute atomic E-state index is 0. The Labute approximate surface area is 110 Å². The zero-order valence-electron chi connectivity index (χ0n) is 6.10. The van der Waals surface area contributed by atoms with Crippen molar-refractivity contribution in [3.05, 3.63) is 0 Å². The van der Waals surface area contributed by atoms with Gasteiger partial charge in [0.1, 0.15) is 0 Å². The van der Waals surface area contributed by atoms with Crippen LogP contribution in [-0.4, -0.2) is 10.4 Å². The van der Waals surface area contributed by atoms with Gasteiger partial charge in [-0.05, 0) is 13.3 Å². The van der Waals surface area contributed by atoms with Crippen LogP contribution in [0.4, 0.5) is 0 Å². The first-order valence-corrected chi connectivity index (χ1v) is 3.46. The molecule has 0 saturated carbocycles. The van der Waals surface area contributed by atoms with Crippen molar-refractivity contribution in [3.8, 4) is 0 Å². The fraction of sp³-hybridized carbons (Fsp3) is 0.800. The van der Waals surface area contributed by atoms with Gasteiger partial charge < -0.3 is 30.2 Å². The molecule has 0 aliphatic carbocycles. The van der Waals surface area contributed by atoms with Crippen molar-refractivity contribution in [1.29, 1.82) is 0 Å². The first-order valence-electron chi connectivity index (χ1n) is 2.64. The molecule has 0 saturated heterocycles. The van der Waals surface area contributed by atoms with Gasteiger partial charge in [0.2, 0.25) is 0 Å². The van der Waals surface area contributed by atoms with E-state index in [0.717, 1.165) is 6.42 Å². The topological polar surface area (TPSA) is 12.0 Å². The van der Waals surface area contributed by atoms with Crippen LogP contribution in [0.2, 0.25) is 0 Å². The quantitative estimate of drug-likeness (QED) is 0.312. The van der Waals surface area contributed by atoms with E-state index >= 15 is 0 Å². The van der Waals surface area contributed by atoms with Gasteiger partial charge in [0.15, 0.2) is 0 Å². The molecule has 0 bridgehead atoms. The molecule has 0 aliphatic heterocycles. The first kappa shape index (κ1) is 13.3. The molecule has 1 nitrogen and oxygen atoms in total. The minimum Gasteiger partial charge on any atom is -0.412 e. The van der Waals surface area contributed by atoms with Gasteiger partial charge in [-0.25, -0.2) is 0 Å². The van der Waals surface area contributed by atoms with E-state index in [4.69, 9.17) is 0 Å². The third-order valence-electron chi connectivity index (χ3n) is 0.977. The molecule has 0 spiro atoms. The predicted octanol–water partition coefficient (Wildman–Crippen LogP) is -1.79. The molecule has 0 aromatic rings. The molecule has 0 aromatic carbocycles. The van der Waals surface area contributed by atoms with Crippen LogP contribution in [0.25, 0.3) is 0 Å². The standard InChI is InChI=1S/C5H11NS2.K/c1-3-4(2)6-5(7)8;/h4H,3H2,1-2H3,(H2,6,7,8);/q;+1/p-1. The minimum atomic E-state index is 0. The average molecular weight is 187 g/mol. The molecule has 1 N–H and O–H groups in total. The van der Waals surface area contributed by atoms with Gasteiger partial charge in [-0.2, -0.15) is 0 Å². The van der Waals surface area contributed by atoms with Crippen molar-refractivity contribution in [2.24, 2.45) is 0 Å². The first-order chi connectivity index (χ1) is 3.66. The summed E-state index contributed by atoms with van der Waals surface area (Å²) in [6.45, 7) is 4.14. The average Bonchev–Trinajstić information content (AvgIpc) is 1.65. The summed E-state index contributed by atoms with van der Waals surface area (Å²) in [5.74, 6) is 0. The van der Waals surface area contributed by atoms with E-state index in [1.807, 2.05) is 0 Å². The summed E-state index contributed by atoms with van der Waals surface area (Å²) in [5.41, 5.74) is 0. The molecule has 0 aliphatic rings. The van der Waals surface area contributed by atoms with Crippen molar-refractivity contribution >= 4 is 29.2 Å². The SMILES string of the molecule is CCC(C)NC(=S)[S-].[K+]. The van der Waals surface area contributed by atoms with Gasteiger partial charge in [-0.1, -0.05) is 11.2 Å². The van der Waals surface area contributed by atoms with Crippen molar-refractivity contribution in [2.45, 2.75) is 26.3 Å². The van der Waals surface area contributed by atoms with Crippen LogP contribution in [-0.2, 0) is 12.6 Å².